The van der Waals surface area contributed by atoms with Crippen molar-refractivity contribution in [2.45, 2.75) is 19.5 Å². The first-order chi connectivity index (χ1) is 9.06. The van der Waals surface area contributed by atoms with Crippen molar-refractivity contribution in [2.24, 2.45) is 0 Å². The van der Waals surface area contributed by atoms with Gasteiger partial charge in [0.1, 0.15) is 5.82 Å². The lowest BCUT2D eigenvalue weighted by Gasteiger charge is -2.12. The molecule has 19 heavy (non-hydrogen) atoms. The summed E-state index contributed by atoms with van der Waals surface area (Å²) < 4.78 is 17.7. The summed E-state index contributed by atoms with van der Waals surface area (Å²) in [6.45, 7) is 2.26. The Kier molecular flexibility index (Phi) is 3.91. The fraction of sp³-hybridized carbons (Fsp3) is 0.231. The lowest BCUT2D eigenvalue weighted by Crippen LogP contribution is -2.17. The van der Waals surface area contributed by atoms with E-state index in [-0.39, 0.29) is 17.6 Å². The van der Waals surface area contributed by atoms with Crippen LogP contribution in [0.5, 0.6) is 0 Å². The lowest BCUT2D eigenvalue weighted by molar-refractivity contribution is 0.0685. The first-order valence-electron chi connectivity index (χ1n) is 5.74. The summed E-state index contributed by atoms with van der Waals surface area (Å²) in [6, 6.07) is 7.52. The van der Waals surface area contributed by atoms with Crippen molar-refractivity contribution in [3.63, 3.8) is 0 Å². The van der Waals surface area contributed by atoms with Crippen molar-refractivity contribution in [1.29, 1.82) is 0 Å². The van der Waals surface area contributed by atoms with Crippen LogP contribution < -0.4 is 5.32 Å². The third-order valence-corrected chi connectivity index (χ3v) is 2.73. The molecule has 0 radical (unpaired) electrons. The number of nitrogens with one attached hydrogen (secondary N) is 1. The Hall–Kier alpha value is -2.21. The zero-order chi connectivity index (χ0) is 13.8. The molecule has 0 saturated carbocycles. The summed E-state index contributed by atoms with van der Waals surface area (Å²) in [5.74, 6) is -0.967. The molecule has 1 atom stereocenters. The second-order valence-electron chi connectivity index (χ2n) is 4.14. The number of carboxylic acid groups (broad SMARTS) is 1. The van der Waals surface area contributed by atoms with Gasteiger partial charge in [0.25, 0.3) is 0 Å². The van der Waals surface area contributed by atoms with Crippen molar-refractivity contribution >= 4 is 5.97 Å². The van der Waals surface area contributed by atoms with Crippen LogP contribution in [0.1, 0.15) is 34.8 Å². The van der Waals surface area contributed by atoms with Gasteiger partial charge >= 0.3 is 5.97 Å². The molecule has 1 heterocycles. The van der Waals surface area contributed by atoms with Gasteiger partial charge in [-0.2, -0.15) is 0 Å². The Bertz CT molecular complexity index is 566. The van der Waals surface area contributed by atoms with Crippen LogP contribution >= 0.6 is 0 Å². The molecular formula is C13H13FN2O3. The average Bonchev–Trinajstić information content (AvgIpc) is 2.86. The Morgan fingerprint density at radius 2 is 2.16 bits per heavy atom. The Morgan fingerprint density at radius 1 is 1.47 bits per heavy atom. The summed E-state index contributed by atoms with van der Waals surface area (Å²) in [5, 5.41) is 15.3. The van der Waals surface area contributed by atoms with E-state index in [1.165, 1.54) is 18.2 Å². The summed E-state index contributed by atoms with van der Waals surface area (Å²) in [4.78, 5) is 10.6. The summed E-state index contributed by atoms with van der Waals surface area (Å²) in [6.07, 6.45) is 0. The third kappa shape index (κ3) is 3.38. The minimum atomic E-state index is -1.12. The van der Waals surface area contributed by atoms with Crippen LogP contribution in [0, 0.1) is 5.82 Å². The number of halogens is 1. The number of rotatable bonds is 5. The highest BCUT2D eigenvalue weighted by Gasteiger charge is 2.11. The molecule has 0 spiro atoms. The molecule has 0 aliphatic rings. The van der Waals surface area contributed by atoms with Crippen molar-refractivity contribution in [3.8, 4) is 0 Å². The summed E-state index contributed by atoms with van der Waals surface area (Å²) in [5.41, 5.74) is 0.811. The first kappa shape index (κ1) is 13.2. The van der Waals surface area contributed by atoms with E-state index in [4.69, 9.17) is 9.63 Å². The van der Waals surface area contributed by atoms with Crippen molar-refractivity contribution in [3.05, 3.63) is 53.2 Å². The molecule has 0 fully saturated rings. The van der Waals surface area contributed by atoms with E-state index in [2.05, 4.69) is 10.5 Å². The second kappa shape index (κ2) is 5.62. The van der Waals surface area contributed by atoms with Crippen LogP contribution in [0.2, 0.25) is 0 Å². The van der Waals surface area contributed by atoms with E-state index in [0.29, 0.717) is 12.3 Å². The fourth-order valence-electron chi connectivity index (χ4n) is 1.62. The molecule has 1 unspecified atom stereocenters. The Labute approximate surface area is 109 Å². The zero-order valence-electron chi connectivity index (χ0n) is 10.3. The lowest BCUT2D eigenvalue weighted by atomic mass is 10.1. The number of aromatic carboxylic acids is 1. The fourth-order valence-corrected chi connectivity index (χ4v) is 1.62. The number of benzene rings is 1. The molecule has 2 N–H and O–H groups in total. The molecule has 100 valence electrons. The zero-order valence-corrected chi connectivity index (χ0v) is 10.3. The van der Waals surface area contributed by atoms with Crippen LogP contribution in [0.15, 0.2) is 34.9 Å². The normalized spacial score (nSPS) is 12.3. The van der Waals surface area contributed by atoms with Crippen LogP contribution in [0.3, 0.4) is 0 Å². The van der Waals surface area contributed by atoms with Crippen LogP contribution in [-0.4, -0.2) is 16.2 Å². The third-order valence-electron chi connectivity index (χ3n) is 2.73. The van der Waals surface area contributed by atoms with Gasteiger partial charge in [0.05, 0.1) is 6.54 Å². The number of hydrogen-bond donors (Lipinski definition) is 2. The van der Waals surface area contributed by atoms with Gasteiger partial charge in [0, 0.05) is 12.1 Å². The molecule has 0 aliphatic carbocycles. The van der Waals surface area contributed by atoms with Crippen LogP contribution in [0.4, 0.5) is 4.39 Å². The highest BCUT2D eigenvalue weighted by atomic mass is 19.1. The molecule has 0 aliphatic heterocycles. The molecule has 0 bridgehead atoms. The number of nitrogens with zero attached hydrogens (tertiary/aromatic N) is 1. The van der Waals surface area contributed by atoms with Gasteiger partial charge in [0.15, 0.2) is 11.5 Å². The Morgan fingerprint density at radius 3 is 2.74 bits per heavy atom. The molecule has 0 saturated heterocycles. The topological polar surface area (TPSA) is 75.4 Å². The SMILES string of the molecule is CC(NCc1cc(C(=O)O)no1)c1ccc(F)cc1. The number of aromatic nitrogens is 1. The highest BCUT2D eigenvalue weighted by molar-refractivity contribution is 5.85. The molecule has 6 heteroatoms. The van der Waals surface area contributed by atoms with Crippen molar-refractivity contribution < 1.29 is 18.8 Å². The van der Waals surface area contributed by atoms with Gasteiger partial charge < -0.3 is 14.9 Å². The van der Waals surface area contributed by atoms with E-state index < -0.39 is 5.97 Å². The maximum atomic E-state index is 12.8. The van der Waals surface area contributed by atoms with E-state index in [0.717, 1.165) is 5.56 Å². The molecule has 0 amide bonds. The van der Waals surface area contributed by atoms with Gasteiger partial charge in [0.2, 0.25) is 0 Å². The summed E-state index contributed by atoms with van der Waals surface area (Å²) >= 11 is 0. The molecule has 1 aromatic carbocycles. The van der Waals surface area contributed by atoms with Crippen molar-refractivity contribution in [1.82, 2.24) is 10.5 Å². The van der Waals surface area contributed by atoms with E-state index >= 15 is 0 Å². The molecule has 1 aromatic heterocycles. The second-order valence-corrected chi connectivity index (χ2v) is 4.14. The largest absolute Gasteiger partial charge is 0.476 e. The van der Waals surface area contributed by atoms with E-state index in [9.17, 15) is 9.18 Å². The average molecular weight is 264 g/mol. The number of carbonyl (C=O) groups is 1. The number of carboxylic acids is 1. The molecule has 2 rings (SSSR count). The predicted octanol–water partition coefficient (Wildman–Crippen LogP) is 2.36. The minimum absolute atomic E-state index is 0.0148. The smallest absolute Gasteiger partial charge is 0.358 e. The monoisotopic (exact) mass is 264 g/mol. The number of hydrogen-bond acceptors (Lipinski definition) is 4. The van der Waals surface area contributed by atoms with Gasteiger partial charge in [-0.3, -0.25) is 0 Å². The standard InChI is InChI=1S/C13H13FN2O3/c1-8(9-2-4-10(14)5-3-9)15-7-11-6-12(13(17)18)16-19-11/h2-6,8,15H,7H2,1H3,(H,17,18). The summed E-state index contributed by atoms with van der Waals surface area (Å²) in [7, 11) is 0. The molecule has 5 nitrogen and oxygen atoms in total. The predicted molar refractivity (Wildman–Crippen MR) is 65.1 cm³/mol. The highest BCUT2D eigenvalue weighted by Crippen LogP contribution is 2.14. The maximum absolute atomic E-state index is 12.8. The van der Waals surface area contributed by atoms with Crippen molar-refractivity contribution in [2.75, 3.05) is 0 Å². The first-order valence-corrected chi connectivity index (χ1v) is 5.74. The Balaban J connectivity index is 1.94. The molecular weight excluding hydrogens is 251 g/mol. The van der Waals surface area contributed by atoms with Gasteiger partial charge in [-0.15, -0.1) is 0 Å². The maximum Gasteiger partial charge on any atom is 0.358 e. The minimum Gasteiger partial charge on any atom is -0.476 e. The molecule has 2 aromatic rings. The van der Waals surface area contributed by atoms with Gasteiger partial charge in [-0.1, -0.05) is 17.3 Å². The van der Waals surface area contributed by atoms with E-state index in [1.807, 2.05) is 6.92 Å². The quantitative estimate of drug-likeness (QED) is 0.867. The van der Waals surface area contributed by atoms with E-state index in [1.54, 1.807) is 12.1 Å². The van der Waals surface area contributed by atoms with Gasteiger partial charge in [-0.25, -0.2) is 9.18 Å². The van der Waals surface area contributed by atoms with Crippen LogP contribution in [-0.2, 0) is 6.54 Å². The van der Waals surface area contributed by atoms with Crippen LogP contribution in [0.25, 0.3) is 0 Å². The van der Waals surface area contributed by atoms with Gasteiger partial charge in [-0.05, 0) is 24.6 Å².